The van der Waals surface area contributed by atoms with Crippen molar-refractivity contribution in [1.29, 1.82) is 0 Å². The maximum Gasteiger partial charge on any atom is 0.325 e. The highest BCUT2D eigenvalue weighted by molar-refractivity contribution is 7.15. The van der Waals surface area contributed by atoms with Crippen LogP contribution in [0.1, 0.15) is 42.5 Å². The zero-order valence-corrected chi connectivity index (χ0v) is 18.2. The number of hydrogen-bond acceptors (Lipinski definition) is 5. The summed E-state index contributed by atoms with van der Waals surface area (Å²) in [6.07, 6.45) is 0. The Morgan fingerprint density at radius 2 is 1.72 bits per heavy atom. The Labute approximate surface area is 175 Å². The van der Waals surface area contributed by atoms with Gasteiger partial charge >= 0.3 is 6.03 Å². The van der Waals surface area contributed by atoms with Gasteiger partial charge in [-0.05, 0) is 60.2 Å². The Balaban J connectivity index is 1.52. The molecule has 0 atom stereocenters. The Bertz CT molecular complexity index is 991. The minimum absolute atomic E-state index is 0.107. The van der Waals surface area contributed by atoms with Crippen LogP contribution in [0, 0.1) is 13.8 Å². The van der Waals surface area contributed by atoms with Crippen LogP contribution in [-0.4, -0.2) is 16.2 Å². The summed E-state index contributed by atoms with van der Waals surface area (Å²) in [5.74, 6) is 0.773. The molecule has 0 bridgehead atoms. The first-order valence-corrected chi connectivity index (χ1v) is 10.2. The number of aryl methyl sites for hydroxylation is 2. The zero-order chi connectivity index (χ0) is 21.0. The van der Waals surface area contributed by atoms with Crippen LogP contribution in [0.2, 0.25) is 0 Å². The van der Waals surface area contributed by atoms with Crippen LogP contribution in [-0.2, 0) is 12.0 Å². The molecule has 0 aliphatic carbocycles. The van der Waals surface area contributed by atoms with Gasteiger partial charge in [0, 0.05) is 5.69 Å². The average Bonchev–Trinajstić information content (AvgIpc) is 3.10. The van der Waals surface area contributed by atoms with Gasteiger partial charge in [0.05, 0.1) is 0 Å². The van der Waals surface area contributed by atoms with E-state index in [1.807, 2.05) is 44.2 Å². The van der Waals surface area contributed by atoms with Gasteiger partial charge < -0.3 is 10.1 Å². The number of urea groups is 1. The van der Waals surface area contributed by atoms with Crippen molar-refractivity contribution in [3.8, 4) is 5.75 Å². The fourth-order valence-corrected chi connectivity index (χ4v) is 3.29. The number of benzene rings is 2. The molecule has 0 saturated heterocycles. The van der Waals surface area contributed by atoms with E-state index < -0.39 is 0 Å². The second kappa shape index (κ2) is 8.61. The minimum Gasteiger partial charge on any atom is -0.486 e. The predicted octanol–water partition coefficient (Wildman–Crippen LogP) is 5.68. The molecule has 1 heterocycles. The molecule has 29 heavy (non-hydrogen) atoms. The van der Waals surface area contributed by atoms with Gasteiger partial charge in [-0.15, -0.1) is 10.2 Å². The van der Waals surface area contributed by atoms with Crippen LogP contribution < -0.4 is 15.4 Å². The molecule has 0 aliphatic heterocycles. The van der Waals surface area contributed by atoms with Gasteiger partial charge in [-0.2, -0.15) is 0 Å². The molecule has 7 heteroatoms. The fraction of sp³-hybridized carbons (Fsp3) is 0.318. The second-order valence-electron chi connectivity index (χ2n) is 7.94. The quantitative estimate of drug-likeness (QED) is 0.568. The van der Waals surface area contributed by atoms with E-state index in [0.717, 1.165) is 17.0 Å². The average molecular weight is 411 g/mol. The van der Waals surface area contributed by atoms with Crippen molar-refractivity contribution >= 4 is 28.2 Å². The standard InChI is InChI=1S/C22H26N4O2S/c1-14-6-9-17(12-15(14)2)23-20(27)24-21-26-25-19(29-21)13-28-18-10-7-16(8-11-18)22(3,4)5/h6-12H,13H2,1-5H3,(H2,23,24,26,27). The van der Waals surface area contributed by atoms with E-state index >= 15 is 0 Å². The molecule has 6 nitrogen and oxygen atoms in total. The van der Waals surface area contributed by atoms with Gasteiger partial charge in [0.25, 0.3) is 0 Å². The van der Waals surface area contributed by atoms with Crippen molar-refractivity contribution in [2.24, 2.45) is 0 Å². The third-order valence-electron chi connectivity index (χ3n) is 4.53. The molecular weight excluding hydrogens is 384 g/mol. The van der Waals surface area contributed by atoms with Crippen molar-refractivity contribution in [3.63, 3.8) is 0 Å². The first-order chi connectivity index (χ1) is 13.7. The molecule has 0 radical (unpaired) electrons. The van der Waals surface area contributed by atoms with Crippen LogP contribution in [0.5, 0.6) is 5.75 Å². The third kappa shape index (κ3) is 5.77. The topological polar surface area (TPSA) is 76.1 Å². The van der Waals surface area contributed by atoms with E-state index in [2.05, 4.69) is 53.7 Å². The van der Waals surface area contributed by atoms with Crippen molar-refractivity contribution in [2.75, 3.05) is 10.6 Å². The minimum atomic E-state index is -0.352. The second-order valence-corrected chi connectivity index (χ2v) is 9.00. The van der Waals surface area contributed by atoms with E-state index in [4.69, 9.17) is 4.74 Å². The first-order valence-electron chi connectivity index (χ1n) is 9.42. The summed E-state index contributed by atoms with van der Waals surface area (Å²) in [6.45, 7) is 10.9. The largest absolute Gasteiger partial charge is 0.486 e. The maximum atomic E-state index is 12.2. The first kappa shape index (κ1) is 20.8. The van der Waals surface area contributed by atoms with Crippen LogP contribution in [0.15, 0.2) is 42.5 Å². The number of carbonyl (C=O) groups excluding carboxylic acids is 1. The van der Waals surface area contributed by atoms with Crippen LogP contribution >= 0.6 is 11.3 Å². The lowest BCUT2D eigenvalue weighted by atomic mass is 9.87. The normalized spacial score (nSPS) is 11.2. The number of nitrogens with zero attached hydrogens (tertiary/aromatic N) is 2. The van der Waals surface area contributed by atoms with Crippen LogP contribution in [0.4, 0.5) is 15.6 Å². The van der Waals surface area contributed by atoms with Gasteiger partial charge in [-0.1, -0.05) is 50.3 Å². The number of rotatable bonds is 5. The van der Waals surface area contributed by atoms with E-state index in [1.54, 1.807) is 0 Å². The SMILES string of the molecule is Cc1ccc(NC(=O)Nc2nnc(COc3ccc(C(C)(C)C)cc3)s2)cc1C. The van der Waals surface area contributed by atoms with Crippen molar-refractivity contribution in [2.45, 2.75) is 46.6 Å². The van der Waals surface area contributed by atoms with E-state index in [0.29, 0.717) is 16.7 Å². The monoisotopic (exact) mass is 410 g/mol. The molecule has 3 rings (SSSR count). The summed E-state index contributed by atoms with van der Waals surface area (Å²) in [4.78, 5) is 12.2. The van der Waals surface area contributed by atoms with Gasteiger partial charge in [-0.3, -0.25) is 5.32 Å². The van der Waals surface area contributed by atoms with Crippen molar-refractivity contribution in [3.05, 3.63) is 64.2 Å². The number of amides is 2. The van der Waals surface area contributed by atoms with Gasteiger partial charge in [-0.25, -0.2) is 4.79 Å². The summed E-state index contributed by atoms with van der Waals surface area (Å²) < 4.78 is 5.78. The summed E-state index contributed by atoms with van der Waals surface area (Å²) in [5.41, 5.74) is 4.39. The number of hydrogen-bond donors (Lipinski definition) is 2. The van der Waals surface area contributed by atoms with Crippen LogP contribution in [0.25, 0.3) is 0 Å². The van der Waals surface area contributed by atoms with Gasteiger partial charge in [0.2, 0.25) is 5.13 Å². The van der Waals surface area contributed by atoms with Gasteiger partial charge in [0.15, 0.2) is 5.01 Å². The van der Waals surface area contributed by atoms with E-state index in [1.165, 1.54) is 22.5 Å². The number of nitrogens with one attached hydrogen (secondary N) is 2. The molecule has 1 aromatic heterocycles. The number of ether oxygens (including phenoxy) is 1. The number of aromatic nitrogens is 2. The lowest BCUT2D eigenvalue weighted by Crippen LogP contribution is -2.19. The van der Waals surface area contributed by atoms with Crippen molar-refractivity contribution < 1.29 is 9.53 Å². The molecule has 2 aromatic carbocycles. The lowest BCUT2D eigenvalue weighted by Gasteiger charge is -2.19. The molecule has 0 saturated carbocycles. The highest BCUT2D eigenvalue weighted by Crippen LogP contribution is 2.25. The maximum absolute atomic E-state index is 12.2. The van der Waals surface area contributed by atoms with Gasteiger partial charge in [0.1, 0.15) is 12.4 Å². The van der Waals surface area contributed by atoms with Crippen LogP contribution in [0.3, 0.4) is 0 Å². The number of carbonyl (C=O) groups is 1. The molecule has 0 spiro atoms. The zero-order valence-electron chi connectivity index (χ0n) is 17.4. The molecule has 2 amide bonds. The third-order valence-corrected chi connectivity index (χ3v) is 5.35. The molecule has 0 fully saturated rings. The molecule has 152 valence electrons. The summed E-state index contributed by atoms with van der Waals surface area (Å²) in [6, 6.07) is 13.5. The van der Waals surface area contributed by atoms with Crippen molar-refractivity contribution in [1.82, 2.24) is 10.2 Å². The smallest absolute Gasteiger partial charge is 0.325 e. The Kier molecular flexibility index (Phi) is 6.17. The summed E-state index contributed by atoms with van der Waals surface area (Å²) >= 11 is 1.28. The molecule has 0 aliphatic rings. The molecular formula is C22H26N4O2S. The predicted molar refractivity (Wildman–Crippen MR) is 118 cm³/mol. The molecule has 3 aromatic rings. The van der Waals surface area contributed by atoms with E-state index in [9.17, 15) is 4.79 Å². The fourth-order valence-electron chi connectivity index (χ4n) is 2.64. The Hall–Kier alpha value is -2.93. The summed E-state index contributed by atoms with van der Waals surface area (Å²) in [7, 11) is 0. The Morgan fingerprint density at radius 3 is 2.38 bits per heavy atom. The summed E-state index contributed by atoms with van der Waals surface area (Å²) in [5, 5.41) is 14.7. The lowest BCUT2D eigenvalue weighted by molar-refractivity contribution is 0.262. The molecule has 0 unspecified atom stereocenters. The number of anilines is 2. The highest BCUT2D eigenvalue weighted by Gasteiger charge is 2.13. The molecule has 2 N–H and O–H groups in total. The highest BCUT2D eigenvalue weighted by atomic mass is 32.1. The Morgan fingerprint density at radius 1 is 1.00 bits per heavy atom. The van der Waals surface area contributed by atoms with E-state index in [-0.39, 0.29) is 11.4 Å².